The van der Waals surface area contributed by atoms with Crippen LogP contribution >= 0.6 is 34.5 Å². The minimum absolute atomic E-state index is 0.114. The van der Waals surface area contributed by atoms with Gasteiger partial charge in [-0.05, 0) is 23.6 Å². The van der Waals surface area contributed by atoms with Gasteiger partial charge in [0.05, 0.1) is 28.8 Å². The van der Waals surface area contributed by atoms with Gasteiger partial charge in [-0.1, -0.05) is 29.3 Å². The zero-order valence-electron chi connectivity index (χ0n) is 11.8. The van der Waals surface area contributed by atoms with Crippen molar-refractivity contribution in [2.45, 2.75) is 13.1 Å². The molecule has 0 bridgehead atoms. The summed E-state index contributed by atoms with van der Waals surface area (Å²) in [6.45, 7) is 0.321. The Kier molecular flexibility index (Phi) is 4.66. The van der Waals surface area contributed by atoms with Crippen LogP contribution in [-0.4, -0.2) is 15.5 Å². The number of amides is 1. The first kappa shape index (κ1) is 16.0. The maximum Gasteiger partial charge on any atom is 0.261 e. The number of aromatic nitrogens is 2. The molecular weight excluding hydrogens is 357 g/mol. The van der Waals surface area contributed by atoms with E-state index in [9.17, 15) is 9.59 Å². The molecule has 0 saturated heterocycles. The molecular formula is C15H11Cl2N3O2S. The highest BCUT2D eigenvalue weighted by Gasteiger charge is 2.11. The standard InChI is InChI=1S/C15H11Cl2N3O2S/c16-9-4-11-14(12(17)5-9)19-8-20(15(11)22)7-13(21)18-6-10-2-1-3-23-10/h1-5,8H,6-7H2,(H,18,21). The predicted octanol–water partition coefficient (Wildman–Crippen LogP) is 3.08. The van der Waals surface area contributed by atoms with Crippen LogP contribution in [0.1, 0.15) is 4.88 Å². The van der Waals surface area contributed by atoms with Crippen molar-refractivity contribution in [1.29, 1.82) is 0 Å². The number of nitrogens with zero attached hydrogens (tertiary/aromatic N) is 2. The highest BCUT2D eigenvalue weighted by Crippen LogP contribution is 2.23. The van der Waals surface area contributed by atoms with Gasteiger partial charge in [-0.2, -0.15) is 0 Å². The van der Waals surface area contributed by atoms with Crippen molar-refractivity contribution in [2.75, 3.05) is 0 Å². The zero-order valence-corrected chi connectivity index (χ0v) is 14.1. The summed E-state index contributed by atoms with van der Waals surface area (Å²) in [5, 5.41) is 5.64. The molecule has 3 aromatic rings. The Hall–Kier alpha value is -1.89. The number of thiophene rings is 1. The van der Waals surface area contributed by atoms with E-state index in [0.29, 0.717) is 22.1 Å². The maximum absolute atomic E-state index is 12.4. The maximum atomic E-state index is 12.4. The molecule has 0 unspecified atom stereocenters. The van der Waals surface area contributed by atoms with Crippen molar-refractivity contribution in [2.24, 2.45) is 0 Å². The normalized spacial score (nSPS) is 10.9. The number of hydrogen-bond donors (Lipinski definition) is 1. The van der Waals surface area contributed by atoms with Gasteiger partial charge in [0.1, 0.15) is 6.54 Å². The summed E-state index contributed by atoms with van der Waals surface area (Å²) in [6.07, 6.45) is 1.31. The van der Waals surface area contributed by atoms with E-state index in [1.165, 1.54) is 23.0 Å². The van der Waals surface area contributed by atoms with Gasteiger partial charge in [0, 0.05) is 9.90 Å². The topological polar surface area (TPSA) is 64.0 Å². The Bertz CT molecular complexity index is 922. The number of nitrogens with one attached hydrogen (secondary N) is 1. The number of carbonyl (C=O) groups is 1. The van der Waals surface area contributed by atoms with E-state index >= 15 is 0 Å². The molecule has 0 spiro atoms. The first-order chi connectivity index (χ1) is 11.0. The molecule has 0 aliphatic carbocycles. The second kappa shape index (κ2) is 6.70. The van der Waals surface area contributed by atoms with Crippen LogP contribution in [0, 0.1) is 0 Å². The van der Waals surface area contributed by atoms with Gasteiger partial charge >= 0.3 is 0 Å². The van der Waals surface area contributed by atoms with Crippen LogP contribution in [0.3, 0.4) is 0 Å². The summed E-state index contributed by atoms with van der Waals surface area (Å²) in [6, 6.07) is 6.87. The zero-order chi connectivity index (χ0) is 16.4. The fraction of sp³-hybridized carbons (Fsp3) is 0.133. The molecule has 5 nitrogen and oxygen atoms in total. The van der Waals surface area contributed by atoms with Gasteiger partial charge in [0.25, 0.3) is 5.56 Å². The third-order valence-electron chi connectivity index (χ3n) is 3.20. The minimum atomic E-state index is -0.356. The Morgan fingerprint density at radius 2 is 2.17 bits per heavy atom. The molecule has 118 valence electrons. The van der Waals surface area contributed by atoms with Crippen LogP contribution in [0.5, 0.6) is 0 Å². The summed E-state index contributed by atoms with van der Waals surface area (Å²) >= 11 is 13.5. The molecule has 0 aliphatic heterocycles. The van der Waals surface area contributed by atoms with E-state index in [1.54, 1.807) is 11.3 Å². The van der Waals surface area contributed by atoms with Crippen LogP contribution in [0.15, 0.2) is 40.8 Å². The first-order valence-electron chi connectivity index (χ1n) is 6.68. The summed E-state index contributed by atoms with van der Waals surface area (Å²) < 4.78 is 1.23. The molecule has 1 amide bonds. The number of hydrogen-bond acceptors (Lipinski definition) is 4. The van der Waals surface area contributed by atoms with Crippen molar-refractivity contribution >= 4 is 51.3 Å². The lowest BCUT2D eigenvalue weighted by molar-refractivity contribution is -0.121. The van der Waals surface area contributed by atoms with Crippen molar-refractivity contribution in [3.8, 4) is 0 Å². The summed E-state index contributed by atoms with van der Waals surface area (Å²) in [7, 11) is 0. The quantitative estimate of drug-likeness (QED) is 0.770. The number of carbonyl (C=O) groups excluding carboxylic acids is 1. The summed E-state index contributed by atoms with van der Waals surface area (Å²) in [4.78, 5) is 29.6. The van der Waals surface area contributed by atoms with Crippen molar-refractivity contribution in [3.05, 3.63) is 61.2 Å². The second-order valence-corrected chi connectivity index (χ2v) is 6.69. The Balaban J connectivity index is 1.81. The number of benzene rings is 1. The molecule has 0 fully saturated rings. The van der Waals surface area contributed by atoms with Crippen LogP contribution in [0.2, 0.25) is 10.0 Å². The molecule has 2 heterocycles. The van der Waals surface area contributed by atoms with E-state index in [4.69, 9.17) is 23.2 Å². The summed E-state index contributed by atoms with van der Waals surface area (Å²) in [5.41, 5.74) is 0.0157. The molecule has 0 radical (unpaired) electrons. The van der Waals surface area contributed by atoms with Gasteiger partial charge in [0.15, 0.2) is 0 Å². The highest BCUT2D eigenvalue weighted by atomic mass is 35.5. The number of fused-ring (bicyclic) bond motifs is 1. The van der Waals surface area contributed by atoms with E-state index in [0.717, 1.165) is 4.88 Å². The molecule has 1 aromatic carbocycles. The van der Waals surface area contributed by atoms with Gasteiger partial charge in [0.2, 0.25) is 5.91 Å². The molecule has 0 atom stereocenters. The Morgan fingerprint density at radius 1 is 1.35 bits per heavy atom. The molecule has 3 rings (SSSR count). The number of rotatable bonds is 4. The average Bonchev–Trinajstić information content (AvgIpc) is 3.02. The third-order valence-corrected chi connectivity index (χ3v) is 4.58. The lowest BCUT2D eigenvalue weighted by Crippen LogP contribution is -2.32. The second-order valence-electron chi connectivity index (χ2n) is 4.82. The largest absolute Gasteiger partial charge is 0.350 e. The van der Waals surface area contributed by atoms with Gasteiger partial charge < -0.3 is 5.32 Å². The molecule has 2 aromatic heterocycles. The van der Waals surface area contributed by atoms with Crippen LogP contribution < -0.4 is 10.9 Å². The SMILES string of the molecule is O=C(Cn1cnc2c(Cl)cc(Cl)cc2c1=O)NCc1cccs1. The molecule has 1 N–H and O–H groups in total. The lowest BCUT2D eigenvalue weighted by atomic mass is 10.2. The fourth-order valence-corrected chi connectivity index (χ4v) is 3.30. The van der Waals surface area contributed by atoms with Crippen molar-refractivity contribution in [3.63, 3.8) is 0 Å². The molecule has 0 saturated carbocycles. The van der Waals surface area contributed by atoms with Crippen LogP contribution in [0.4, 0.5) is 0 Å². The smallest absolute Gasteiger partial charge is 0.261 e. The first-order valence-corrected chi connectivity index (χ1v) is 8.31. The van der Waals surface area contributed by atoms with Crippen LogP contribution in [0.25, 0.3) is 10.9 Å². The van der Waals surface area contributed by atoms with Gasteiger partial charge in [-0.3, -0.25) is 14.2 Å². The molecule has 0 aliphatic rings. The van der Waals surface area contributed by atoms with Crippen LogP contribution in [-0.2, 0) is 17.9 Å². The fourth-order valence-electron chi connectivity index (χ4n) is 2.12. The van der Waals surface area contributed by atoms with Crippen molar-refractivity contribution in [1.82, 2.24) is 14.9 Å². The van der Waals surface area contributed by atoms with E-state index in [2.05, 4.69) is 10.3 Å². The molecule has 23 heavy (non-hydrogen) atoms. The van der Waals surface area contributed by atoms with E-state index in [1.807, 2.05) is 17.5 Å². The monoisotopic (exact) mass is 367 g/mol. The van der Waals surface area contributed by atoms with Gasteiger partial charge in [-0.25, -0.2) is 4.98 Å². The summed E-state index contributed by atoms with van der Waals surface area (Å²) in [5.74, 6) is -0.269. The van der Waals surface area contributed by atoms with Gasteiger partial charge in [-0.15, -0.1) is 11.3 Å². The van der Waals surface area contributed by atoms with E-state index < -0.39 is 0 Å². The van der Waals surface area contributed by atoms with Crippen molar-refractivity contribution < 1.29 is 4.79 Å². The Morgan fingerprint density at radius 3 is 2.91 bits per heavy atom. The average molecular weight is 368 g/mol. The third kappa shape index (κ3) is 3.55. The Labute approximate surface area is 145 Å². The predicted molar refractivity (Wildman–Crippen MR) is 92.2 cm³/mol. The highest BCUT2D eigenvalue weighted by molar-refractivity contribution is 7.09. The number of halogens is 2. The molecule has 8 heteroatoms. The minimum Gasteiger partial charge on any atom is -0.350 e. The van der Waals surface area contributed by atoms with E-state index in [-0.39, 0.29) is 23.4 Å². The lowest BCUT2D eigenvalue weighted by Gasteiger charge is -2.08.